The molecule has 2 aromatic rings. The number of anilines is 1. The molecule has 8 heteroatoms. The highest BCUT2D eigenvalue weighted by molar-refractivity contribution is 6.02. The molecular formula is C21H22FN3O4. The van der Waals surface area contributed by atoms with Crippen LogP contribution in [0.25, 0.3) is 0 Å². The van der Waals surface area contributed by atoms with Gasteiger partial charge in [-0.3, -0.25) is 14.4 Å². The number of rotatable bonds is 6. The SMILES string of the molecule is CCCNC(=O)[C@@H]1CN(C(=O)CNC(=O)c2ccccc2F)c2ccccc2O1. The Kier molecular flexibility index (Phi) is 6.43. The Morgan fingerprint density at radius 2 is 1.83 bits per heavy atom. The quantitative estimate of drug-likeness (QED) is 0.776. The van der Waals surface area contributed by atoms with E-state index in [-0.39, 0.29) is 24.6 Å². The van der Waals surface area contributed by atoms with Crippen LogP contribution in [0.4, 0.5) is 10.1 Å². The third-order valence-corrected chi connectivity index (χ3v) is 4.44. The Balaban J connectivity index is 1.72. The molecule has 29 heavy (non-hydrogen) atoms. The maximum atomic E-state index is 13.7. The van der Waals surface area contributed by atoms with Crippen molar-refractivity contribution in [1.82, 2.24) is 10.6 Å². The number of amides is 3. The number of carbonyl (C=O) groups excluding carboxylic acids is 3. The molecule has 0 radical (unpaired) electrons. The number of fused-ring (bicyclic) bond motifs is 1. The lowest BCUT2D eigenvalue weighted by Gasteiger charge is -2.34. The zero-order valence-electron chi connectivity index (χ0n) is 16.0. The molecule has 0 fully saturated rings. The largest absolute Gasteiger partial charge is 0.477 e. The molecule has 3 amide bonds. The molecule has 0 aromatic heterocycles. The van der Waals surface area contributed by atoms with Crippen LogP contribution in [0.1, 0.15) is 23.7 Å². The molecule has 3 rings (SSSR count). The summed E-state index contributed by atoms with van der Waals surface area (Å²) in [6, 6.07) is 12.4. The second-order valence-corrected chi connectivity index (χ2v) is 6.53. The lowest BCUT2D eigenvalue weighted by atomic mass is 10.1. The summed E-state index contributed by atoms with van der Waals surface area (Å²) in [5, 5.41) is 5.19. The van der Waals surface area contributed by atoms with Crippen molar-refractivity contribution in [2.24, 2.45) is 0 Å². The second-order valence-electron chi connectivity index (χ2n) is 6.53. The number of benzene rings is 2. The van der Waals surface area contributed by atoms with E-state index in [2.05, 4.69) is 10.6 Å². The maximum absolute atomic E-state index is 13.7. The zero-order valence-corrected chi connectivity index (χ0v) is 16.0. The summed E-state index contributed by atoms with van der Waals surface area (Å²) < 4.78 is 19.5. The minimum atomic E-state index is -0.859. The van der Waals surface area contributed by atoms with E-state index in [4.69, 9.17) is 4.74 Å². The molecule has 152 valence electrons. The fourth-order valence-electron chi connectivity index (χ4n) is 2.96. The molecule has 0 saturated heterocycles. The minimum absolute atomic E-state index is 0.0148. The van der Waals surface area contributed by atoms with Gasteiger partial charge in [0.1, 0.15) is 11.6 Å². The topological polar surface area (TPSA) is 87.7 Å². The average molecular weight is 399 g/mol. The normalized spacial score (nSPS) is 15.1. The molecule has 1 heterocycles. The molecule has 1 aliphatic heterocycles. The molecule has 0 unspecified atom stereocenters. The molecule has 1 atom stereocenters. The van der Waals surface area contributed by atoms with Gasteiger partial charge in [0.2, 0.25) is 5.91 Å². The molecule has 7 nitrogen and oxygen atoms in total. The number of carbonyl (C=O) groups is 3. The van der Waals surface area contributed by atoms with Gasteiger partial charge in [0.25, 0.3) is 11.8 Å². The lowest BCUT2D eigenvalue weighted by Crippen LogP contribution is -2.52. The molecule has 2 N–H and O–H groups in total. The van der Waals surface area contributed by atoms with Crippen LogP contribution < -0.4 is 20.3 Å². The summed E-state index contributed by atoms with van der Waals surface area (Å²) in [4.78, 5) is 38.7. The summed E-state index contributed by atoms with van der Waals surface area (Å²) in [6.45, 7) is 2.12. The van der Waals surface area contributed by atoms with E-state index < -0.39 is 23.7 Å². The highest BCUT2D eigenvalue weighted by Crippen LogP contribution is 2.33. The van der Waals surface area contributed by atoms with Gasteiger partial charge in [0.15, 0.2) is 6.10 Å². The van der Waals surface area contributed by atoms with Gasteiger partial charge in [-0.15, -0.1) is 0 Å². The van der Waals surface area contributed by atoms with Crippen molar-refractivity contribution in [3.05, 3.63) is 59.9 Å². The summed E-state index contributed by atoms with van der Waals surface area (Å²) in [6.07, 6.45) is -0.0811. The monoisotopic (exact) mass is 399 g/mol. The maximum Gasteiger partial charge on any atom is 0.262 e. The van der Waals surface area contributed by atoms with Crippen LogP contribution in [0.5, 0.6) is 5.75 Å². The van der Waals surface area contributed by atoms with Crippen LogP contribution in [0.15, 0.2) is 48.5 Å². The van der Waals surface area contributed by atoms with Gasteiger partial charge in [0.05, 0.1) is 24.3 Å². The van der Waals surface area contributed by atoms with Crippen LogP contribution >= 0.6 is 0 Å². The number of halogens is 1. The first-order valence-electron chi connectivity index (χ1n) is 9.37. The Labute approximate surface area is 167 Å². The number of nitrogens with zero attached hydrogens (tertiary/aromatic N) is 1. The van der Waals surface area contributed by atoms with Crippen molar-refractivity contribution in [1.29, 1.82) is 0 Å². The van der Waals surface area contributed by atoms with Crippen molar-refractivity contribution >= 4 is 23.4 Å². The molecule has 0 bridgehead atoms. The van der Waals surface area contributed by atoms with Crippen LogP contribution in [0.3, 0.4) is 0 Å². The van der Waals surface area contributed by atoms with Crippen molar-refractivity contribution in [3.63, 3.8) is 0 Å². The van der Waals surface area contributed by atoms with E-state index in [1.807, 2.05) is 6.92 Å². The number of hydrogen-bond donors (Lipinski definition) is 2. The zero-order chi connectivity index (χ0) is 20.8. The molecule has 0 aliphatic carbocycles. The molecule has 2 aromatic carbocycles. The highest BCUT2D eigenvalue weighted by Gasteiger charge is 2.33. The van der Waals surface area contributed by atoms with Gasteiger partial charge in [-0.1, -0.05) is 31.2 Å². The summed E-state index contributed by atoms with van der Waals surface area (Å²) in [5.41, 5.74) is 0.372. The second kappa shape index (κ2) is 9.18. The number of nitrogens with one attached hydrogen (secondary N) is 2. The van der Waals surface area contributed by atoms with Crippen LogP contribution in [0, 0.1) is 5.82 Å². The van der Waals surface area contributed by atoms with E-state index in [0.29, 0.717) is 18.0 Å². The van der Waals surface area contributed by atoms with Crippen molar-refractivity contribution in [3.8, 4) is 5.75 Å². The van der Waals surface area contributed by atoms with Gasteiger partial charge in [-0.25, -0.2) is 4.39 Å². The van der Waals surface area contributed by atoms with E-state index in [1.165, 1.54) is 29.2 Å². The van der Waals surface area contributed by atoms with Crippen molar-refractivity contribution < 1.29 is 23.5 Å². The van der Waals surface area contributed by atoms with Gasteiger partial charge < -0.3 is 20.3 Å². The predicted molar refractivity (Wildman–Crippen MR) is 105 cm³/mol. The summed E-state index contributed by atoms with van der Waals surface area (Å²) in [7, 11) is 0. The van der Waals surface area contributed by atoms with Gasteiger partial charge in [-0.2, -0.15) is 0 Å². The number of ether oxygens (including phenoxy) is 1. The van der Waals surface area contributed by atoms with Crippen LogP contribution in [-0.4, -0.2) is 43.5 Å². The van der Waals surface area contributed by atoms with Crippen LogP contribution in [-0.2, 0) is 9.59 Å². The first kappa shape index (κ1) is 20.3. The Morgan fingerprint density at radius 3 is 2.59 bits per heavy atom. The number of hydrogen-bond acceptors (Lipinski definition) is 4. The molecular weight excluding hydrogens is 377 g/mol. The number of para-hydroxylation sites is 2. The molecule has 1 aliphatic rings. The lowest BCUT2D eigenvalue weighted by molar-refractivity contribution is -0.128. The van der Waals surface area contributed by atoms with Crippen molar-refractivity contribution in [2.45, 2.75) is 19.4 Å². The van der Waals surface area contributed by atoms with E-state index in [0.717, 1.165) is 6.42 Å². The van der Waals surface area contributed by atoms with Gasteiger partial charge >= 0.3 is 0 Å². The predicted octanol–water partition coefficient (Wildman–Crippen LogP) is 1.88. The highest BCUT2D eigenvalue weighted by atomic mass is 19.1. The first-order chi connectivity index (χ1) is 14.0. The van der Waals surface area contributed by atoms with E-state index >= 15 is 0 Å². The fourth-order valence-corrected chi connectivity index (χ4v) is 2.96. The van der Waals surface area contributed by atoms with Crippen molar-refractivity contribution in [2.75, 3.05) is 24.5 Å². The fraction of sp³-hybridized carbons (Fsp3) is 0.286. The summed E-state index contributed by atoms with van der Waals surface area (Å²) in [5.74, 6) is -1.69. The Bertz CT molecular complexity index is 918. The Morgan fingerprint density at radius 1 is 1.10 bits per heavy atom. The standard InChI is InChI=1S/C21H22FN3O4/c1-2-11-23-21(28)18-13-25(16-9-5-6-10-17(16)29-18)19(26)12-24-20(27)14-7-3-4-8-15(14)22/h3-10,18H,2,11-13H2,1H3,(H,23,28)(H,24,27)/t18-/m0/s1. The first-order valence-corrected chi connectivity index (χ1v) is 9.37. The minimum Gasteiger partial charge on any atom is -0.477 e. The van der Waals surface area contributed by atoms with Crippen LogP contribution in [0.2, 0.25) is 0 Å². The van der Waals surface area contributed by atoms with E-state index in [1.54, 1.807) is 24.3 Å². The average Bonchev–Trinajstić information content (AvgIpc) is 2.75. The van der Waals surface area contributed by atoms with Gasteiger partial charge in [0, 0.05) is 6.54 Å². The Hall–Kier alpha value is -3.42. The molecule has 0 saturated carbocycles. The third kappa shape index (κ3) is 4.71. The molecule has 0 spiro atoms. The van der Waals surface area contributed by atoms with Gasteiger partial charge in [-0.05, 0) is 30.7 Å². The smallest absolute Gasteiger partial charge is 0.262 e. The van der Waals surface area contributed by atoms with E-state index in [9.17, 15) is 18.8 Å². The third-order valence-electron chi connectivity index (χ3n) is 4.44. The summed E-state index contributed by atoms with van der Waals surface area (Å²) >= 11 is 0.